The van der Waals surface area contributed by atoms with Gasteiger partial charge in [0.05, 0.1) is 22.2 Å². The monoisotopic (exact) mass is 427 g/mol. The van der Waals surface area contributed by atoms with Gasteiger partial charge < -0.3 is 10.2 Å². The summed E-state index contributed by atoms with van der Waals surface area (Å²) in [7, 11) is 0. The molecule has 0 radical (unpaired) electrons. The molecule has 1 aliphatic carbocycles. The summed E-state index contributed by atoms with van der Waals surface area (Å²) in [4.78, 5) is 20.4. The predicted octanol–water partition coefficient (Wildman–Crippen LogP) is 3.65. The van der Waals surface area contributed by atoms with E-state index in [0.717, 1.165) is 47.6 Å². The lowest BCUT2D eigenvalue weighted by molar-refractivity contribution is 0.0657. The van der Waals surface area contributed by atoms with E-state index in [-0.39, 0.29) is 42.3 Å². The lowest BCUT2D eigenvalue weighted by Crippen LogP contribution is -2.52. The number of halogens is 2. The fraction of sp³-hybridized carbons (Fsp3) is 0.650. The molecule has 6 nitrogen and oxygen atoms in total. The number of hydrogen-bond acceptors (Lipinski definition) is 4. The van der Waals surface area contributed by atoms with Crippen LogP contribution in [-0.4, -0.2) is 51.2 Å². The number of aromatic nitrogens is 3. The summed E-state index contributed by atoms with van der Waals surface area (Å²) in [6.07, 6.45) is 2.33. The lowest BCUT2D eigenvalue weighted by atomic mass is 10.0. The second-order valence-electron chi connectivity index (χ2n) is 8.79. The maximum Gasteiger partial charge on any atom is 0.255 e. The normalized spacial score (nSPS) is 19.9. The van der Waals surface area contributed by atoms with Crippen LogP contribution in [0.2, 0.25) is 0 Å². The molecule has 4 rings (SSSR count). The number of aryl methyl sites for hydroxylation is 1. The van der Waals surface area contributed by atoms with Crippen molar-refractivity contribution >= 4 is 41.8 Å². The van der Waals surface area contributed by atoms with Gasteiger partial charge >= 0.3 is 0 Å². The summed E-state index contributed by atoms with van der Waals surface area (Å²) in [6, 6.07) is 2.24. The van der Waals surface area contributed by atoms with Gasteiger partial charge in [0.25, 0.3) is 5.91 Å². The third-order valence-electron chi connectivity index (χ3n) is 5.46. The van der Waals surface area contributed by atoms with Crippen LogP contribution in [0.25, 0.3) is 11.0 Å². The molecule has 1 amide bonds. The lowest BCUT2D eigenvalue weighted by Gasteiger charge is -2.34. The first kappa shape index (κ1) is 22.9. The molecule has 2 fully saturated rings. The first-order chi connectivity index (χ1) is 12.3. The van der Waals surface area contributed by atoms with Gasteiger partial charge in [0, 0.05) is 37.3 Å². The zero-order valence-electron chi connectivity index (χ0n) is 17.3. The Morgan fingerprint density at radius 3 is 2.50 bits per heavy atom. The van der Waals surface area contributed by atoms with E-state index in [1.54, 1.807) is 0 Å². The number of hydrogen-bond donors (Lipinski definition) is 1. The Labute approximate surface area is 179 Å². The van der Waals surface area contributed by atoms with Crippen molar-refractivity contribution < 1.29 is 4.79 Å². The largest absolute Gasteiger partial charge is 0.333 e. The zero-order valence-corrected chi connectivity index (χ0v) is 18.9. The number of rotatable bonds is 2. The molecule has 156 valence electrons. The predicted molar refractivity (Wildman–Crippen MR) is 117 cm³/mol. The highest BCUT2D eigenvalue weighted by atomic mass is 35.5. The third kappa shape index (κ3) is 4.00. The van der Waals surface area contributed by atoms with Crippen molar-refractivity contribution in [2.45, 2.75) is 65.0 Å². The third-order valence-corrected chi connectivity index (χ3v) is 5.46. The van der Waals surface area contributed by atoms with Crippen LogP contribution in [0.4, 0.5) is 0 Å². The van der Waals surface area contributed by atoms with Crippen LogP contribution in [0.1, 0.15) is 68.2 Å². The van der Waals surface area contributed by atoms with Gasteiger partial charge in [-0.1, -0.05) is 0 Å². The highest BCUT2D eigenvalue weighted by Gasteiger charge is 2.32. The molecule has 0 bridgehead atoms. The van der Waals surface area contributed by atoms with Crippen molar-refractivity contribution in [3.63, 3.8) is 0 Å². The number of pyridine rings is 1. The molecular formula is C20H31Cl2N5O. The molecule has 28 heavy (non-hydrogen) atoms. The molecule has 2 aromatic rings. The summed E-state index contributed by atoms with van der Waals surface area (Å²) in [6.45, 7) is 12.9. The number of carbonyl (C=O) groups excluding carboxylic acids is 1. The summed E-state index contributed by atoms with van der Waals surface area (Å²) in [5.74, 6) is 0.611. The highest BCUT2D eigenvalue weighted by molar-refractivity contribution is 6.06. The van der Waals surface area contributed by atoms with Gasteiger partial charge in [-0.2, -0.15) is 5.10 Å². The van der Waals surface area contributed by atoms with E-state index in [9.17, 15) is 4.79 Å². The van der Waals surface area contributed by atoms with Gasteiger partial charge in [-0.15, -0.1) is 24.8 Å². The number of nitrogens with one attached hydrogen (secondary N) is 1. The molecule has 1 saturated heterocycles. The van der Waals surface area contributed by atoms with Gasteiger partial charge in [-0.05, 0) is 53.5 Å². The molecule has 2 aliphatic rings. The minimum atomic E-state index is -0.176. The van der Waals surface area contributed by atoms with E-state index >= 15 is 0 Å². The molecule has 3 heterocycles. The standard InChI is InChI=1S/C20H29N5O.2ClH/c1-12-11-21-8-9-24(12)19(26)15-10-16(14-6-7-14)22-18-17(15)13(2)23-25(18)20(3,4)5;;/h10,12,14,21H,6-9,11H2,1-5H3;2*1H/t12-;;/m1../s1. The van der Waals surface area contributed by atoms with Gasteiger partial charge in [0.15, 0.2) is 5.65 Å². The summed E-state index contributed by atoms with van der Waals surface area (Å²) < 4.78 is 1.99. The van der Waals surface area contributed by atoms with Gasteiger partial charge in [-0.25, -0.2) is 9.67 Å². The van der Waals surface area contributed by atoms with E-state index in [1.165, 1.54) is 12.8 Å². The van der Waals surface area contributed by atoms with Crippen LogP contribution in [-0.2, 0) is 5.54 Å². The molecule has 1 N–H and O–H groups in total. The topological polar surface area (TPSA) is 63.1 Å². The fourth-order valence-corrected chi connectivity index (χ4v) is 3.83. The minimum absolute atomic E-state index is 0. The maximum absolute atomic E-state index is 13.5. The molecule has 0 aromatic carbocycles. The molecule has 0 spiro atoms. The van der Waals surface area contributed by atoms with Gasteiger partial charge in [-0.3, -0.25) is 4.79 Å². The van der Waals surface area contributed by atoms with Crippen LogP contribution < -0.4 is 5.32 Å². The van der Waals surface area contributed by atoms with Crippen LogP contribution in [0.5, 0.6) is 0 Å². The van der Waals surface area contributed by atoms with Crippen molar-refractivity contribution in [2.75, 3.05) is 19.6 Å². The second-order valence-corrected chi connectivity index (χ2v) is 8.79. The van der Waals surface area contributed by atoms with Crippen molar-refractivity contribution in [3.8, 4) is 0 Å². The molecule has 1 saturated carbocycles. The van der Waals surface area contributed by atoms with Crippen LogP contribution in [0, 0.1) is 6.92 Å². The zero-order chi connectivity index (χ0) is 18.6. The second kappa shape index (κ2) is 8.17. The number of carbonyl (C=O) groups is 1. The number of amides is 1. The van der Waals surface area contributed by atoms with Gasteiger partial charge in [0.1, 0.15) is 0 Å². The minimum Gasteiger partial charge on any atom is -0.333 e. The average molecular weight is 428 g/mol. The van der Waals surface area contributed by atoms with Crippen LogP contribution in [0.15, 0.2) is 6.07 Å². The van der Waals surface area contributed by atoms with E-state index < -0.39 is 0 Å². The first-order valence-electron chi connectivity index (χ1n) is 9.70. The highest BCUT2D eigenvalue weighted by Crippen LogP contribution is 2.41. The Morgan fingerprint density at radius 1 is 1.25 bits per heavy atom. The van der Waals surface area contributed by atoms with Gasteiger partial charge in [0.2, 0.25) is 0 Å². The van der Waals surface area contributed by atoms with E-state index in [4.69, 9.17) is 10.1 Å². The number of piperazine rings is 1. The van der Waals surface area contributed by atoms with Crippen molar-refractivity contribution in [3.05, 3.63) is 23.0 Å². The number of fused-ring (bicyclic) bond motifs is 1. The fourth-order valence-electron chi connectivity index (χ4n) is 3.83. The van der Waals surface area contributed by atoms with Crippen LogP contribution >= 0.6 is 24.8 Å². The SMILES string of the molecule is Cc1nn(C(C)(C)C)c2nc(C3CC3)cc(C(=O)N3CCNC[C@H]3C)c12.Cl.Cl. The summed E-state index contributed by atoms with van der Waals surface area (Å²) in [5, 5.41) is 9.04. The molecule has 1 aliphatic heterocycles. The average Bonchev–Trinajstić information content (AvgIpc) is 3.37. The van der Waals surface area contributed by atoms with Crippen molar-refractivity contribution in [1.82, 2.24) is 25.0 Å². The summed E-state index contributed by atoms with van der Waals surface area (Å²) in [5.41, 5.74) is 3.39. The Balaban J connectivity index is 0.00000140. The summed E-state index contributed by atoms with van der Waals surface area (Å²) >= 11 is 0. The maximum atomic E-state index is 13.5. The Morgan fingerprint density at radius 2 is 1.93 bits per heavy atom. The molecule has 2 aromatic heterocycles. The number of nitrogens with zero attached hydrogens (tertiary/aromatic N) is 4. The molecule has 1 atom stereocenters. The molecule has 8 heteroatoms. The van der Waals surface area contributed by atoms with E-state index in [1.807, 2.05) is 22.6 Å². The molecule has 0 unspecified atom stereocenters. The van der Waals surface area contributed by atoms with E-state index in [2.05, 4.69) is 33.0 Å². The first-order valence-corrected chi connectivity index (χ1v) is 9.70. The smallest absolute Gasteiger partial charge is 0.255 e. The Kier molecular flexibility index (Phi) is 6.68. The van der Waals surface area contributed by atoms with Crippen LogP contribution in [0.3, 0.4) is 0 Å². The Bertz CT molecular complexity index is 870. The molecular weight excluding hydrogens is 397 g/mol. The quantitative estimate of drug-likeness (QED) is 0.793. The van der Waals surface area contributed by atoms with Crippen molar-refractivity contribution in [1.29, 1.82) is 0 Å². The van der Waals surface area contributed by atoms with E-state index in [0.29, 0.717) is 5.92 Å². The van der Waals surface area contributed by atoms with Crippen molar-refractivity contribution in [2.24, 2.45) is 0 Å². The Hall–Kier alpha value is -1.37.